The van der Waals surface area contributed by atoms with Gasteiger partial charge >= 0.3 is 0 Å². The molecule has 1 spiro atoms. The third-order valence-corrected chi connectivity index (χ3v) is 10.3. The number of hydrogen-bond donors (Lipinski definition) is 2. The summed E-state index contributed by atoms with van der Waals surface area (Å²) in [5.41, 5.74) is -0.667. The van der Waals surface area contributed by atoms with Crippen LogP contribution in [-0.4, -0.2) is 103 Å². The van der Waals surface area contributed by atoms with Crippen LogP contribution >= 0.6 is 23.2 Å². The van der Waals surface area contributed by atoms with Crippen LogP contribution < -0.4 is 10.6 Å². The SMILES string of the molecule is CN1CCN(CCCN2C(=O)C3C(C(=O)Nc4ccc(Cl)c(Cl)c4)C4C=CC3(O4)C2C(=O)NC2CCCCC2)CC1. The molecule has 5 aliphatic rings. The van der Waals surface area contributed by atoms with E-state index < -0.39 is 29.6 Å². The van der Waals surface area contributed by atoms with Crippen LogP contribution in [0.1, 0.15) is 38.5 Å². The standard InChI is InChI=1S/C30H39Cl2N5O4/c1-35-14-16-36(17-15-35)12-5-13-37-26(28(39)33-19-6-3-2-4-7-19)30-11-10-23(41-30)24(25(30)29(37)40)27(38)34-20-8-9-21(31)22(32)18-20/h8-11,18-19,23-26H,2-7,12-17H2,1H3,(H,33,39)(H,34,38). The number of halogens is 2. The van der Waals surface area contributed by atoms with Crippen LogP contribution in [0.5, 0.6) is 0 Å². The summed E-state index contributed by atoms with van der Waals surface area (Å²) in [4.78, 5) is 48.2. The summed E-state index contributed by atoms with van der Waals surface area (Å²) in [5.74, 6) is -2.22. The molecule has 4 fully saturated rings. The summed E-state index contributed by atoms with van der Waals surface area (Å²) < 4.78 is 6.47. The number of likely N-dealkylation sites (tertiary alicyclic amines) is 1. The minimum Gasteiger partial charge on any atom is -0.359 e. The zero-order chi connectivity index (χ0) is 28.7. The Hall–Kier alpha value is -2.17. The van der Waals surface area contributed by atoms with Crippen molar-refractivity contribution in [3.05, 3.63) is 40.4 Å². The molecule has 222 valence electrons. The Kier molecular flexibility index (Phi) is 8.35. The van der Waals surface area contributed by atoms with Gasteiger partial charge in [-0.25, -0.2) is 0 Å². The van der Waals surface area contributed by atoms with Gasteiger partial charge in [-0.2, -0.15) is 0 Å². The van der Waals surface area contributed by atoms with E-state index in [4.69, 9.17) is 27.9 Å². The first-order valence-corrected chi connectivity index (χ1v) is 15.7. The molecular weight excluding hydrogens is 565 g/mol. The third-order valence-electron chi connectivity index (χ3n) is 9.53. The third kappa shape index (κ3) is 5.52. The fourth-order valence-corrected chi connectivity index (χ4v) is 7.67. The Labute approximate surface area is 251 Å². The summed E-state index contributed by atoms with van der Waals surface area (Å²) in [5, 5.41) is 6.87. The molecule has 9 nitrogen and oxygen atoms in total. The zero-order valence-corrected chi connectivity index (χ0v) is 25.0. The molecule has 4 heterocycles. The molecule has 1 saturated carbocycles. The molecule has 3 saturated heterocycles. The van der Waals surface area contributed by atoms with Gasteiger partial charge in [0.1, 0.15) is 11.6 Å². The molecule has 1 aliphatic carbocycles. The number of carbonyl (C=O) groups excluding carboxylic acids is 3. The fraction of sp³-hybridized carbons (Fsp3) is 0.633. The number of ether oxygens (including phenoxy) is 1. The van der Waals surface area contributed by atoms with E-state index in [9.17, 15) is 14.4 Å². The number of likely N-dealkylation sites (N-methyl/N-ethyl adjacent to an activating group) is 1. The van der Waals surface area contributed by atoms with E-state index in [-0.39, 0.29) is 23.8 Å². The summed E-state index contributed by atoms with van der Waals surface area (Å²) in [6.45, 7) is 5.33. The molecule has 11 heteroatoms. The van der Waals surface area contributed by atoms with Crippen LogP contribution in [0.3, 0.4) is 0 Å². The highest BCUT2D eigenvalue weighted by Crippen LogP contribution is 2.55. The fourth-order valence-electron chi connectivity index (χ4n) is 7.37. The maximum Gasteiger partial charge on any atom is 0.246 e. The second kappa shape index (κ2) is 11.8. The molecule has 5 atom stereocenters. The number of nitrogens with zero attached hydrogens (tertiary/aromatic N) is 3. The van der Waals surface area contributed by atoms with Crippen LogP contribution in [0.25, 0.3) is 0 Å². The zero-order valence-electron chi connectivity index (χ0n) is 23.5. The van der Waals surface area contributed by atoms with E-state index in [0.717, 1.165) is 64.8 Å². The van der Waals surface area contributed by atoms with Gasteiger partial charge in [0.05, 0.1) is 28.0 Å². The summed E-state index contributed by atoms with van der Waals surface area (Å²) >= 11 is 12.2. The summed E-state index contributed by atoms with van der Waals surface area (Å²) in [6, 6.07) is 4.17. The van der Waals surface area contributed by atoms with Gasteiger partial charge in [-0.05, 0) is 51.1 Å². The maximum atomic E-state index is 14.2. The highest BCUT2D eigenvalue weighted by molar-refractivity contribution is 6.42. The molecule has 3 amide bonds. The minimum absolute atomic E-state index is 0.102. The number of nitrogens with one attached hydrogen (secondary N) is 2. The smallest absolute Gasteiger partial charge is 0.246 e. The Morgan fingerprint density at radius 2 is 1.78 bits per heavy atom. The second-order valence-corrected chi connectivity index (χ2v) is 13.0. The monoisotopic (exact) mass is 603 g/mol. The van der Waals surface area contributed by atoms with Gasteiger partial charge in [0.25, 0.3) is 0 Å². The van der Waals surface area contributed by atoms with Crippen LogP contribution in [0.2, 0.25) is 10.0 Å². The number of anilines is 1. The van der Waals surface area contributed by atoms with Gasteiger partial charge in [-0.15, -0.1) is 0 Å². The number of amides is 3. The summed E-state index contributed by atoms with van der Waals surface area (Å²) in [6.07, 6.45) is 9.14. The van der Waals surface area contributed by atoms with Crippen LogP contribution in [0.4, 0.5) is 5.69 Å². The van der Waals surface area contributed by atoms with Gasteiger partial charge in [0.15, 0.2) is 0 Å². The van der Waals surface area contributed by atoms with Crippen LogP contribution in [0.15, 0.2) is 30.4 Å². The Balaban J connectivity index is 1.23. The Bertz CT molecular complexity index is 1220. The predicted octanol–water partition coefficient (Wildman–Crippen LogP) is 3.17. The van der Waals surface area contributed by atoms with E-state index in [0.29, 0.717) is 22.3 Å². The number of rotatable bonds is 8. The molecule has 2 N–H and O–H groups in total. The number of hydrogen-bond acceptors (Lipinski definition) is 6. The lowest BCUT2D eigenvalue weighted by molar-refractivity contribution is -0.141. The van der Waals surface area contributed by atoms with Gasteiger partial charge in [-0.3, -0.25) is 14.4 Å². The van der Waals surface area contributed by atoms with Crippen molar-refractivity contribution in [3.8, 4) is 0 Å². The minimum atomic E-state index is -1.16. The lowest BCUT2D eigenvalue weighted by Gasteiger charge is -2.35. The van der Waals surface area contributed by atoms with Crippen molar-refractivity contribution >= 4 is 46.6 Å². The first-order valence-electron chi connectivity index (χ1n) is 14.9. The highest BCUT2D eigenvalue weighted by Gasteiger charge is 2.72. The molecule has 0 aromatic heterocycles. The molecule has 1 aromatic rings. The maximum absolute atomic E-state index is 14.2. The number of fused-ring (bicyclic) bond motifs is 1. The topological polar surface area (TPSA) is 94.2 Å². The van der Waals surface area contributed by atoms with E-state index in [1.165, 1.54) is 6.42 Å². The lowest BCUT2D eigenvalue weighted by atomic mass is 9.74. The van der Waals surface area contributed by atoms with E-state index in [1.54, 1.807) is 23.1 Å². The van der Waals surface area contributed by atoms with Gasteiger partial charge in [0, 0.05) is 44.5 Å². The first-order chi connectivity index (χ1) is 19.8. The van der Waals surface area contributed by atoms with E-state index in [2.05, 4.69) is 27.5 Å². The Morgan fingerprint density at radius 1 is 1.02 bits per heavy atom. The van der Waals surface area contributed by atoms with Gasteiger partial charge < -0.3 is 30.1 Å². The molecule has 2 bridgehead atoms. The molecule has 6 rings (SSSR count). The number of benzene rings is 1. The summed E-state index contributed by atoms with van der Waals surface area (Å²) in [7, 11) is 2.13. The number of carbonyl (C=O) groups is 3. The van der Waals surface area contributed by atoms with Crippen molar-refractivity contribution in [3.63, 3.8) is 0 Å². The molecule has 5 unspecified atom stereocenters. The normalized spacial score (nSPS) is 32.0. The number of piperazine rings is 1. The average molecular weight is 605 g/mol. The van der Waals surface area contributed by atoms with E-state index in [1.807, 2.05) is 12.2 Å². The predicted molar refractivity (Wildman–Crippen MR) is 158 cm³/mol. The van der Waals surface area contributed by atoms with Crippen molar-refractivity contribution in [2.45, 2.75) is 62.3 Å². The lowest BCUT2D eigenvalue weighted by Crippen LogP contribution is -2.56. The van der Waals surface area contributed by atoms with Crippen molar-refractivity contribution in [1.82, 2.24) is 20.0 Å². The molecule has 0 radical (unpaired) electrons. The van der Waals surface area contributed by atoms with Gasteiger partial charge in [0.2, 0.25) is 17.7 Å². The quantitative estimate of drug-likeness (QED) is 0.443. The Morgan fingerprint density at radius 3 is 2.51 bits per heavy atom. The molecule has 4 aliphatic heterocycles. The second-order valence-electron chi connectivity index (χ2n) is 12.2. The highest BCUT2D eigenvalue weighted by atomic mass is 35.5. The van der Waals surface area contributed by atoms with Crippen molar-refractivity contribution in [2.24, 2.45) is 11.8 Å². The average Bonchev–Trinajstić information content (AvgIpc) is 3.60. The molecule has 1 aromatic carbocycles. The van der Waals surface area contributed by atoms with Crippen LogP contribution in [0, 0.1) is 11.8 Å². The molecular formula is C30H39Cl2N5O4. The molecule has 41 heavy (non-hydrogen) atoms. The van der Waals surface area contributed by atoms with Crippen molar-refractivity contribution in [1.29, 1.82) is 0 Å². The first kappa shape index (κ1) is 28.9. The van der Waals surface area contributed by atoms with Gasteiger partial charge in [-0.1, -0.05) is 54.6 Å². The largest absolute Gasteiger partial charge is 0.359 e. The van der Waals surface area contributed by atoms with Crippen molar-refractivity contribution in [2.75, 3.05) is 51.6 Å². The van der Waals surface area contributed by atoms with Crippen molar-refractivity contribution < 1.29 is 19.1 Å². The van der Waals surface area contributed by atoms with Crippen LogP contribution in [-0.2, 0) is 19.1 Å². The van der Waals surface area contributed by atoms with E-state index >= 15 is 0 Å².